The molecule has 2 aromatic rings. The minimum atomic E-state index is -0.450. The molecule has 0 bridgehead atoms. The molecule has 30 heavy (non-hydrogen) atoms. The van der Waals surface area contributed by atoms with Gasteiger partial charge < -0.3 is 25.4 Å². The number of likely N-dealkylation sites (N-methyl/N-ethyl adjacent to an activating group) is 1. The topological polar surface area (TPSA) is 82.5 Å². The summed E-state index contributed by atoms with van der Waals surface area (Å²) in [6, 6.07) is 3.91. The van der Waals surface area contributed by atoms with Crippen molar-refractivity contribution in [2.75, 3.05) is 44.4 Å². The fraction of sp³-hybridized carbons (Fsp3) is 0.455. The summed E-state index contributed by atoms with van der Waals surface area (Å²) in [5.74, 6) is 2.06. The number of aryl methyl sites for hydroxylation is 2. The van der Waals surface area contributed by atoms with Crippen LogP contribution in [-0.4, -0.2) is 59.9 Å². The van der Waals surface area contributed by atoms with E-state index in [-0.39, 0.29) is 0 Å². The molecule has 1 aromatic heterocycles. The van der Waals surface area contributed by atoms with Gasteiger partial charge in [-0.25, -0.2) is 4.98 Å². The van der Waals surface area contributed by atoms with Crippen LogP contribution in [0.5, 0.6) is 5.75 Å². The lowest BCUT2D eigenvalue weighted by Gasteiger charge is -2.25. The number of hydrogen-bond acceptors (Lipinski definition) is 7. The van der Waals surface area contributed by atoms with Gasteiger partial charge in [0, 0.05) is 43.9 Å². The molecule has 0 spiro atoms. The van der Waals surface area contributed by atoms with Crippen molar-refractivity contribution < 1.29 is 9.84 Å². The molecule has 0 amide bonds. The number of benzene rings is 1. The lowest BCUT2D eigenvalue weighted by molar-refractivity contribution is 0.139. The Bertz CT molecular complexity index is 978. The molecular weight excluding hydrogens is 402 g/mol. The molecule has 0 unspecified atom stereocenters. The number of β-amino-alcohol motifs (C(OH)–C–C–N with tert-alkyl or cyclic N) is 1. The monoisotopic (exact) mass is 429 g/mol. The van der Waals surface area contributed by atoms with Crippen LogP contribution < -0.4 is 15.4 Å². The van der Waals surface area contributed by atoms with Gasteiger partial charge in [0.2, 0.25) is 5.95 Å². The van der Waals surface area contributed by atoms with Crippen molar-refractivity contribution in [3.8, 4) is 5.75 Å². The van der Waals surface area contributed by atoms with Crippen LogP contribution in [0.4, 0.5) is 17.5 Å². The summed E-state index contributed by atoms with van der Waals surface area (Å²) in [7, 11) is 3.83. The van der Waals surface area contributed by atoms with Gasteiger partial charge in [-0.3, -0.25) is 0 Å². The molecule has 8 heteroatoms. The quantitative estimate of drug-likeness (QED) is 0.684. The number of aliphatic hydroxyl groups is 1. The second-order valence-electron chi connectivity index (χ2n) is 7.96. The van der Waals surface area contributed by atoms with E-state index in [1.807, 2.05) is 33.2 Å². The summed E-state index contributed by atoms with van der Waals surface area (Å²) in [6.07, 6.45) is 4.10. The van der Waals surface area contributed by atoms with Crippen molar-refractivity contribution >= 4 is 34.6 Å². The van der Waals surface area contributed by atoms with Crippen molar-refractivity contribution in [1.82, 2.24) is 14.9 Å². The standard InChI is InChI=1S/C22H28ClN5O2/c1-13-9-18(24-2)27-22(25-13)26-17-11-15-5-4-8-30-21(15)19(20(17)23)14-6-7-28(3)12-16(29)10-14/h6,9,11,16,29H,4-5,7-8,10,12H2,1-3H3,(H2,24,25,26,27)/t16-/m0/s1. The molecule has 7 nitrogen and oxygen atoms in total. The Labute approximate surface area is 182 Å². The first-order chi connectivity index (χ1) is 14.4. The first-order valence-electron chi connectivity index (χ1n) is 10.3. The Hall–Kier alpha value is -2.35. The third kappa shape index (κ3) is 4.38. The summed E-state index contributed by atoms with van der Waals surface area (Å²) in [5, 5.41) is 17.4. The highest BCUT2D eigenvalue weighted by atomic mass is 35.5. The molecule has 1 aromatic carbocycles. The first kappa shape index (κ1) is 20.9. The van der Waals surface area contributed by atoms with Gasteiger partial charge in [-0.2, -0.15) is 4.98 Å². The van der Waals surface area contributed by atoms with Gasteiger partial charge in [0.1, 0.15) is 11.6 Å². The van der Waals surface area contributed by atoms with E-state index in [9.17, 15) is 5.11 Å². The number of anilines is 3. The number of halogens is 1. The minimum Gasteiger partial charge on any atom is -0.493 e. The zero-order valence-corrected chi connectivity index (χ0v) is 18.4. The van der Waals surface area contributed by atoms with E-state index in [1.54, 1.807) is 0 Å². The second-order valence-corrected chi connectivity index (χ2v) is 8.33. The van der Waals surface area contributed by atoms with Crippen molar-refractivity contribution in [2.45, 2.75) is 32.3 Å². The van der Waals surface area contributed by atoms with Crippen LogP contribution >= 0.6 is 11.6 Å². The molecule has 0 saturated heterocycles. The number of hydrogen-bond donors (Lipinski definition) is 3. The molecule has 3 heterocycles. The normalized spacial score (nSPS) is 19.4. The van der Waals surface area contributed by atoms with Gasteiger partial charge in [0.05, 0.1) is 23.4 Å². The Morgan fingerprint density at radius 3 is 2.93 bits per heavy atom. The van der Waals surface area contributed by atoms with Gasteiger partial charge >= 0.3 is 0 Å². The van der Waals surface area contributed by atoms with Gasteiger partial charge in [-0.05, 0) is 44.0 Å². The van der Waals surface area contributed by atoms with E-state index in [0.29, 0.717) is 30.5 Å². The third-order valence-electron chi connectivity index (χ3n) is 5.44. The SMILES string of the molecule is CNc1cc(C)nc(Nc2cc3c(c(C4=CCN(C)C[C@@H](O)C4)c2Cl)OCCC3)n1. The highest BCUT2D eigenvalue weighted by molar-refractivity contribution is 6.35. The van der Waals surface area contributed by atoms with Gasteiger partial charge in [0.15, 0.2) is 0 Å². The van der Waals surface area contributed by atoms with Crippen molar-refractivity contribution in [1.29, 1.82) is 0 Å². The van der Waals surface area contributed by atoms with E-state index < -0.39 is 6.10 Å². The number of nitrogens with zero attached hydrogens (tertiary/aromatic N) is 3. The number of fused-ring (bicyclic) bond motifs is 1. The maximum atomic E-state index is 10.5. The predicted molar refractivity (Wildman–Crippen MR) is 121 cm³/mol. The third-order valence-corrected chi connectivity index (χ3v) is 5.83. The van der Waals surface area contributed by atoms with Crippen LogP contribution in [0.15, 0.2) is 18.2 Å². The first-order valence-corrected chi connectivity index (χ1v) is 10.7. The average Bonchev–Trinajstić information content (AvgIpc) is 2.88. The lowest BCUT2D eigenvalue weighted by atomic mass is 9.93. The van der Waals surface area contributed by atoms with Crippen molar-refractivity contribution in [3.63, 3.8) is 0 Å². The van der Waals surface area contributed by atoms with Crippen LogP contribution in [0.3, 0.4) is 0 Å². The molecule has 3 N–H and O–H groups in total. The number of aromatic nitrogens is 2. The highest BCUT2D eigenvalue weighted by Crippen LogP contribution is 2.45. The molecule has 0 radical (unpaired) electrons. The van der Waals surface area contributed by atoms with Gasteiger partial charge in [0.25, 0.3) is 0 Å². The Kier molecular flexibility index (Phi) is 6.13. The van der Waals surface area contributed by atoms with Crippen LogP contribution in [0.25, 0.3) is 5.57 Å². The van der Waals surface area contributed by atoms with E-state index >= 15 is 0 Å². The van der Waals surface area contributed by atoms with Crippen molar-refractivity contribution in [3.05, 3.63) is 40.1 Å². The van der Waals surface area contributed by atoms with Crippen LogP contribution in [0, 0.1) is 6.92 Å². The molecule has 0 aliphatic carbocycles. The summed E-state index contributed by atoms with van der Waals surface area (Å²) < 4.78 is 6.06. The highest BCUT2D eigenvalue weighted by Gasteiger charge is 2.26. The van der Waals surface area contributed by atoms with Gasteiger partial charge in [-0.15, -0.1) is 0 Å². The van der Waals surface area contributed by atoms with Crippen LogP contribution in [0.2, 0.25) is 5.02 Å². The predicted octanol–water partition coefficient (Wildman–Crippen LogP) is 3.63. The fourth-order valence-electron chi connectivity index (χ4n) is 4.04. The largest absolute Gasteiger partial charge is 0.493 e. The van der Waals surface area contributed by atoms with Crippen LogP contribution in [-0.2, 0) is 6.42 Å². The molecule has 2 aliphatic rings. The number of aliphatic hydroxyl groups excluding tert-OH is 1. The van der Waals surface area contributed by atoms with E-state index in [4.69, 9.17) is 16.3 Å². The molecule has 4 rings (SSSR count). The maximum absolute atomic E-state index is 10.5. The second kappa shape index (κ2) is 8.79. The zero-order chi connectivity index (χ0) is 21.3. The molecule has 0 fully saturated rings. The number of nitrogens with one attached hydrogen (secondary N) is 2. The van der Waals surface area contributed by atoms with E-state index in [2.05, 4.69) is 31.6 Å². The van der Waals surface area contributed by atoms with Gasteiger partial charge in [-0.1, -0.05) is 17.7 Å². The van der Waals surface area contributed by atoms with E-state index in [1.165, 1.54) is 0 Å². The minimum absolute atomic E-state index is 0.450. The molecular formula is C22H28ClN5O2. The smallest absolute Gasteiger partial charge is 0.229 e. The summed E-state index contributed by atoms with van der Waals surface area (Å²) >= 11 is 6.93. The zero-order valence-electron chi connectivity index (χ0n) is 17.6. The van der Waals surface area contributed by atoms with E-state index in [0.717, 1.165) is 59.0 Å². The van der Waals surface area contributed by atoms with Crippen LogP contribution in [0.1, 0.15) is 29.7 Å². The molecule has 1 atom stereocenters. The molecule has 0 saturated carbocycles. The Morgan fingerprint density at radius 1 is 1.30 bits per heavy atom. The lowest BCUT2D eigenvalue weighted by Crippen LogP contribution is -2.27. The summed E-state index contributed by atoms with van der Waals surface area (Å²) in [5.41, 5.74) is 4.59. The Morgan fingerprint density at radius 2 is 2.13 bits per heavy atom. The molecule has 160 valence electrons. The maximum Gasteiger partial charge on any atom is 0.229 e. The summed E-state index contributed by atoms with van der Waals surface area (Å²) in [6.45, 7) is 3.98. The molecule has 2 aliphatic heterocycles. The Balaban J connectivity index is 1.79. The van der Waals surface area contributed by atoms with Crippen molar-refractivity contribution in [2.24, 2.45) is 0 Å². The average molecular weight is 430 g/mol. The number of rotatable bonds is 4. The fourth-order valence-corrected chi connectivity index (χ4v) is 4.35. The summed E-state index contributed by atoms with van der Waals surface area (Å²) in [4.78, 5) is 11.1. The number of ether oxygens (including phenoxy) is 1.